The molecule has 0 N–H and O–H groups in total. The van der Waals surface area contributed by atoms with E-state index >= 15 is 0 Å². The zero-order valence-electron chi connectivity index (χ0n) is 16.4. The Morgan fingerprint density at radius 3 is 2.61 bits per heavy atom. The van der Waals surface area contributed by atoms with Crippen LogP contribution in [0.25, 0.3) is 28.5 Å². The van der Waals surface area contributed by atoms with Crippen LogP contribution in [0.5, 0.6) is 0 Å². The van der Waals surface area contributed by atoms with Gasteiger partial charge in [-0.2, -0.15) is 0 Å². The van der Waals surface area contributed by atoms with Crippen molar-refractivity contribution in [2.75, 3.05) is 0 Å². The predicted molar refractivity (Wildman–Crippen MR) is 121 cm³/mol. The van der Waals surface area contributed by atoms with Crippen molar-refractivity contribution in [1.82, 2.24) is 25.0 Å². The second-order valence-corrected chi connectivity index (χ2v) is 8.53. The Balaban J connectivity index is 1.44. The molecule has 0 aliphatic heterocycles. The maximum Gasteiger partial charge on any atom is 0.247 e. The minimum Gasteiger partial charge on any atom is -0.469 e. The lowest BCUT2D eigenvalue weighted by Crippen LogP contribution is -1.99. The number of hydrogen-bond donors (Lipinski definition) is 0. The van der Waals surface area contributed by atoms with Crippen molar-refractivity contribution >= 4 is 27.7 Å². The first-order valence-electron chi connectivity index (χ1n) is 9.45. The monoisotopic (exact) mass is 493 g/mol. The number of hydrogen-bond acceptors (Lipinski definition) is 7. The molecule has 0 saturated heterocycles. The Morgan fingerprint density at radius 2 is 1.84 bits per heavy atom. The first-order valence-corrected chi connectivity index (χ1v) is 11.2. The van der Waals surface area contributed by atoms with Crippen LogP contribution in [0, 0.1) is 6.92 Å². The maximum atomic E-state index is 5.85. The van der Waals surface area contributed by atoms with Gasteiger partial charge in [-0.25, -0.2) is 0 Å². The second-order valence-electron chi connectivity index (χ2n) is 6.67. The minimum atomic E-state index is 0.469. The summed E-state index contributed by atoms with van der Waals surface area (Å²) in [5, 5.41) is 17.9. The predicted octanol–water partition coefficient (Wildman–Crippen LogP) is 5.94. The number of thioether (sulfide) groups is 1. The molecule has 0 radical (unpaired) electrons. The van der Waals surface area contributed by atoms with E-state index in [2.05, 4.69) is 36.3 Å². The summed E-state index contributed by atoms with van der Waals surface area (Å²) in [6.07, 6.45) is 1.66. The molecule has 9 heteroatoms. The number of nitrogens with zero attached hydrogens (tertiary/aromatic N) is 5. The van der Waals surface area contributed by atoms with Crippen LogP contribution in [-0.2, 0) is 5.75 Å². The van der Waals surface area contributed by atoms with Gasteiger partial charge in [0, 0.05) is 15.7 Å². The van der Waals surface area contributed by atoms with E-state index in [1.165, 1.54) is 11.8 Å². The van der Waals surface area contributed by atoms with Gasteiger partial charge in [0.05, 0.1) is 17.6 Å². The Bertz CT molecular complexity index is 1330. The third-order valence-corrected chi connectivity index (χ3v) is 6.02. The number of halogens is 1. The van der Waals surface area contributed by atoms with E-state index in [4.69, 9.17) is 8.83 Å². The summed E-state index contributed by atoms with van der Waals surface area (Å²) in [4.78, 5) is 0. The van der Waals surface area contributed by atoms with E-state index < -0.39 is 0 Å². The van der Waals surface area contributed by atoms with Gasteiger partial charge >= 0.3 is 0 Å². The SMILES string of the molecule is Cc1occc1-c1nnc(SCc2nnc(-c3cccc(Br)c3)o2)n1-c1ccccc1. The highest BCUT2D eigenvalue weighted by Crippen LogP contribution is 2.32. The first kappa shape index (κ1) is 19.8. The van der Waals surface area contributed by atoms with Crippen LogP contribution in [0.3, 0.4) is 0 Å². The fourth-order valence-corrected chi connectivity index (χ4v) is 4.33. The molecule has 31 heavy (non-hydrogen) atoms. The largest absolute Gasteiger partial charge is 0.469 e. The standard InChI is InChI=1S/C22H16BrN5O2S/c1-14-18(10-11-29-14)20-25-27-22(28(20)17-8-3-2-4-9-17)31-13-19-24-26-21(30-19)15-6-5-7-16(23)12-15/h2-12H,13H2,1H3. The quantitative estimate of drug-likeness (QED) is 0.270. The van der Waals surface area contributed by atoms with E-state index in [-0.39, 0.29) is 0 Å². The number of aryl methyl sites for hydroxylation is 1. The number of benzene rings is 2. The second kappa shape index (κ2) is 8.52. The van der Waals surface area contributed by atoms with Crippen molar-refractivity contribution in [1.29, 1.82) is 0 Å². The van der Waals surface area contributed by atoms with E-state index in [1.807, 2.05) is 72.2 Å². The van der Waals surface area contributed by atoms with Gasteiger partial charge in [-0.15, -0.1) is 20.4 Å². The summed E-state index contributed by atoms with van der Waals surface area (Å²) >= 11 is 4.95. The summed E-state index contributed by atoms with van der Waals surface area (Å²) in [5.41, 5.74) is 2.73. The molecule has 154 valence electrons. The molecule has 2 aromatic carbocycles. The van der Waals surface area contributed by atoms with E-state index in [0.29, 0.717) is 17.5 Å². The fraction of sp³-hybridized carbons (Fsp3) is 0.0909. The molecule has 0 aliphatic carbocycles. The van der Waals surface area contributed by atoms with Crippen molar-refractivity contribution in [2.24, 2.45) is 0 Å². The maximum absolute atomic E-state index is 5.85. The van der Waals surface area contributed by atoms with Crippen LogP contribution in [0.4, 0.5) is 0 Å². The lowest BCUT2D eigenvalue weighted by molar-refractivity contribution is 0.528. The number of rotatable bonds is 6. The number of furan rings is 1. The Kier molecular flexibility index (Phi) is 5.44. The van der Waals surface area contributed by atoms with Crippen LogP contribution in [0.15, 0.2) is 85.4 Å². The van der Waals surface area contributed by atoms with Crippen LogP contribution in [0.2, 0.25) is 0 Å². The summed E-state index contributed by atoms with van der Waals surface area (Å²) in [6, 6.07) is 19.6. The molecule has 0 spiro atoms. The Morgan fingerprint density at radius 1 is 0.968 bits per heavy atom. The zero-order chi connectivity index (χ0) is 21.2. The Labute approximate surface area is 190 Å². The van der Waals surface area contributed by atoms with Gasteiger partial charge < -0.3 is 8.83 Å². The molecule has 7 nitrogen and oxygen atoms in total. The molecule has 0 aliphatic rings. The van der Waals surface area contributed by atoms with Crippen LogP contribution < -0.4 is 0 Å². The number of para-hydroxylation sites is 1. The molecule has 0 atom stereocenters. The first-order chi connectivity index (χ1) is 15.2. The molecule has 0 fully saturated rings. The topological polar surface area (TPSA) is 82.8 Å². The third-order valence-electron chi connectivity index (χ3n) is 4.61. The van der Waals surface area contributed by atoms with Crippen LogP contribution >= 0.6 is 27.7 Å². The highest BCUT2D eigenvalue weighted by atomic mass is 79.9. The number of aromatic nitrogens is 5. The van der Waals surface area contributed by atoms with Crippen LogP contribution in [-0.4, -0.2) is 25.0 Å². The van der Waals surface area contributed by atoms with E-state index in [9.17, 15) is 0 Å². The molecule has 0 bridgehead atoms. The summed E-state index contributed by atoms with van der Waals surface area (Å²) in [7, 11) is 0. The molecular formula is C22H16BrN5O2S. The normalized spacial score (nSPS) is 11.2. The fourth-order valence-electron chi connectivity index (χ4n) is 3.14. The summed E-state index contributed by atoms with van der Waals surface area (Å²) < 4.78 is 14.3. The van der Waals surface area contributed by atoms with Crippen molar-refractivity contribution in [3.63, 3.8) is 0 Å². The van der Waals surface area contributed by atoms with E-state index in [0.717, 1.165) is 38.0 Å². The van der Waals surface area contributed by atoms with Crippen molar-refractivity contribution < 1.29 is 8.83 Å². The lowest BCUT2D eigenvalue weighted by atomic mass is 10.2. The zero-order valence-corrected chi connectivity index (χ0v) is 18.8. The summed E-state index contributed by atoms with van der Waals surface area (Å²) in [6.45, 7) is 1.91. The van der Waals surface area contributed by atoms with Crippen molar-refractivity contribution in [3.05, 3.63) is 83.1 Å². The molecule has 0 saturated carbocycles. The van der Waals surface area contributed by atoms with Gasteiger partial charge in [-0.1, -0.05) is 52.0 Å². The van der Waals surface area contributed by atoms with Gasteiger partial charge in [-0.3, -0.25) is 4.57 Å². The van der Waals surface area contributed by atoms with Gasteiger partial charge in [-0.05, 0) is 43.3 Å². The van der Waals surface area contributed by atoms with Gasteiger partial charge in [0.2, 0.25) is 11.8 Å². The Hall–Kier alpha value is -3.17. The lowest BCUT2D eigenvalue weighted by Gasteiger charge is -2.09. The molecule has 0 amide bonds. The summed E-state index contributed by atoms with van der Waals surface area (Å²) in [5.74, 6) is 2.98. The molecule has 5 rings (SSSR count). The highest BCUT2D eigenvalue weighted by molar-refractivity contribution is 9.10. The molecule has 3 heterocycles. The highest BCUT2D eigenvalue weighted by Gasteiger charge is 2.20. The van der Waals surface area contributed by atoms with Gasteiger partial charge in [0.25, 0.3) is 0 Å². The van der Waals surface area contributed by atoms with Gasteiger partial charge in [0.15, 0.2) is 11.0 Å². The average molecular weight is 494 g/mol. The minimum absolute atomic E-state index is 0.469. The van der Waals surface area contributed by atoms with Crippen LogP contribution in [0.1, 0.15) is 11.7 Å². The molecule has 5 aromatic rings. The molecule has 3 aromatic heterocycles. The third kappa shape index (κ3) is 4.06. The molecular weight excluding hydrogens is 478 g/mol. The smallest absolute Gasteiger partial charge is 0.247 e. The average Bonchev–Trinajstić information content (AvgIpc) is 3.52. The molecule has 0 unspecified atom stereocenters. The van der Waals surface area contributed by atoms with Crippen molar-refractivity contribution in [3.8, 4) is 28.5 Å². The van der Waals surface area contributed by atoms with Gasteiger partial charge in [0.1, 0.15) is 5.76 Å². The van der Waals surface area contributed by atoms with Crippen molar-refractivity contribution in [2.45, 2.75) is 17.8 Å². The van der Waals surface area contributed by atoms with E-state index in [1.54, 1.807) is 6.26 Å².